The van der Waals surface area contributed by atoms with Crippen LogP contribution in [0.4, 0.5) is 10.5 Å². The fourth-order valence-corrected chi connectivity index (χ4v) is 5.49. The van der Waals surface area contributed by atoms with Crippen molar-refractivity contribution in [1.82, 2.24) is 9.80 Å². The smallest absolute Gasteiger partial charge is 0.322 e. The molecule has 0 aliphatic carbocycles. The molecule has 7 nitrogen and oxygen atoms in total. The van der Waals surface area contributed by atoms with Gasteiger partial charge >= 0.3 is 6.03 Å². The van der Waals surface area contributed by atoms with E-state index in [9.17, 15) is 13.2 Å². The van der Waals surface area contributed by atoms with Gasteiger partial charge < -0.3 is 15.0 Å². The summed E-state index contributed by atoms with van der Waals surface area (Å²) >= 11 is 0. The number of fused-ring (bicyclic) bond motifs is 1. The van der Waals surface area contributed by atoms with Gasteiger partial charge in [-0.2, -0.15) is 0 Å². The van der Waals surface area contributed by atoms with Gasteiger partial charge in [-0.3, -0.25) is 4.90 Å². The number of hydrogen-bond acceptors (Lipinski definition) is 5. The molecule has 2 heterocycles. The average Bonchev–Trinajstić information content (AvgIpc) is 2.88. The lowest BCUT2D eigenvalue weighted by atomic mass is 10.1. The van der Waals surface area contributed by atoms with Crippen molar-refractivity contribution in [3.8, 4) is 0 Å². The van der Waals surface area contributed by atoms with Crippen molar-refractivity contribution in [1.29, 1.82) is 0 Å². The minimum atomic E-state index is -3.13. The molecule has 0 aromatic heterocycles. The number of piperazine rings is 1. The molecule has 2 amide bonds. The monoisotopic (exact) mass is 353 g/mol. The quantitative estimate of drug-likeness (QED) is 0.860. The van der Waals surface area contributed by atoms with E-state index in [0.29, 0.717) is 31.9 Å². The highest BCUT2D eigenvalue weighted by Gasteiger charge is 2.47. The van der Waals surface area contributed by atoms with E-state index < -0.39 is 9.84 Å². The van der Waals surface area contributed by atoms with E-state index in [0.717, 1.165) is 0 Å². The molecule has 0 radical (unpaired) electrons. The van der Waals surface area contributed by atoms with Crippen molar-refractivity contribution >= 4 is 21.6 Å². The number of urea groups is 1. The molecule has 2 saturated heterocycles. The largest absolute Gasteiger partial charge is 0.383 e. The van der Waals surface area contributed by atoms with Crippen LogP contribution in [0.5, 0.6) is 0 Å². The second kappa shape index (κ2) is 7.08. The van der Waals surface area contributed by atoms with E-state index in [-0.39, 0.29) is 29.6 Å². The van der Waals surface area contributed by atoms with Crippen LogP contribution < -0.4 is 5.32 Å². The van der Waals surface area contributed by atoms with Gasteiger partial charge in [-0.15, -0.1) is 0 Å². The summed E-state index contributed by atoms with van der Waals surface area (Å²) in [7, 11) is -1.50. The second-order valence-electron chi connectivity index (χ2n) is 6.23. The maximum Gasteiger partial charge on any atom is 0.322 e. The van der Waals surface area contributed by atoms with Crippen molar-refractivity contribution in [2.45, 2.75) is 12.1 Å². The lowest BCUT2D eigenvalue weighted by Crippen LogP contribution is -2.61. The minimum Gasteiger partial charge on any atom is -0.383 e. The third kappa shape index (κ3) is 3.71. The molecule has 3 rings (SSSR count). The molecule has 2 aliphatic rings. The number of sulfone groups is 1. The van der Waals surface area contributed by atoms with E-state index in [1.807, 2.05) is 30.3 Å². The molecule has 0 bridgehead atoms. The predicted octanol–water partition coefficient (Wildman–Crippen LogP) is 0.648. The number of anilines is 1. The molecule has 2 atom stereocenters. The summed E-state index contributed by atoms with van der Waals surface area (Å²) in [5.74, 6) is 0.139. The van der Waals surface area contributed by atoms with Crippen LogP contribution in [0.3, 0.4) is 0 Å². The van der Waals surface area contributed by atoms with E-state index in [1.54, 1.807) is 12.0 Å². The maximum absolute atomic E-state index is 12.6. The number of hydrogen-bond donors (Lipinski definition) is 1. The molecule has 0 unspecified atom stereocenters. The van der Waals surface area contributed by atoms with Gasteiger partial charge in [-0.25, -0.2) is 13.2 Å². The van der Waals surface area contributed by atoms with Gasteiger partial charge in [0.1, 0.15) is 0 Å². The molecular formula is C16H23N3O4S. The van der Waals surface area contributed by atoms with Gasteiger partial charge in [0.2, 0.25) is 0 Å². The fraction of sp³-hybridized carbons (Fsp3) is 0.562. The van der Waals surface area contributed by atoms with Crippen LogP contribution in [-0.2, 0) is 14.6 Å². The normalized spacial score (nSPS) is 26.1. The number of para-hydroxylation sites is 1. The Morgan fingerprint density at radius 3 is 2.62 bits per heavy atom. The summed E-state index contributed by atoms with van der Waals surface area (Å²) in [6.45, 7) is 2.40. The number of benzene rings is 1. The Hall–Kier alpha value is -1.64. The molecule has 2 aliphatic heterocycles. The van der Waals surface area contributed by atoms with Crippen LogP contribution in [0.1, 0.15) is 0 Å². The lowest BCUT2D eigenvalue weighted by molar-refractivity contribution is 0.0499. The SMILES string of the molecule is COCCN1CCN(C(=O)Nc2ccccc2)[C@H]2CS(=O)(=O)C[C@H]21. The van der Waals surface area contributed by atoms with E-state index in [2.05, 4.69) is 10.2 Å². The van der Waals surface area contributed by atoms with Crippen LogP contribution in [0.15, 0.2) is 30.3 Å². The summed E-state index contributed by atoms with van der Waals surface area (Å²) in [6, 6.07) is 8.52. The summed E-state index contributed by atoms with van der Waals surface area (Å²) in [5.41, 5.74) is 0.710. The van der Waals surface area contributed by atoms with Gasteiger partial charge in [0.15, 0.2) is 9.84 Å². The highest BCUT2D eigenvalue weighted by atomic mass is 32.2. The number of methoxy groups -OCH3 is 1. The van der Waals surface area contributed by atoms with Crippen LogP contribution >= 0.6 is 0 Å². The summed E-state index contributed by atoms with van der Waals surface area (Å²) < 4.78 is 29.4. The molecule has 0 spiro atoms. The van der Waals surface area contributed by atoms with Gasteiger partial charge in [-0.05, 0) is 12.1 Å². The average molecular weight is 353 g/mol. The van der Waals surface area contributed by atoms with Gasteiger partial charge in [0.05, 0.1) is 24.2 Å². The lowest BCUT2D eigenvalue weighted by Gasteiger charge is -2.43. The number of carbonyl (C=O) groups is 1. The molecule has 1 aromatic carbocycles. The number of nitrogens with one attached hydrogen (secondary N) is 1. The number of carbonyl (C=O) groups excluding carboxylic acids is 1. The topological polar surface area (TPSA) is 79.0 Å². The zero-order valence-corrected chi connectivity index (χ0v) is 14.5. The number of rotatable bonds is 4. The molecule has 1 aromatic rings. The van der Waals surface area contributed by atoms with Gasteiger partial charge in [-0.1, -0.05) is 18.2 Å². The Kier molecular flexibility index (Phi) is 5.07. The Morgan fingerprint density at radius 1 is 1.21 bits per heavy atom. The summed E-state index contributed by atoms with van der Waals surface area (Å²) in [4.78, 5) is 16.4. The third-order valence-corrected chi connectivity index (χ3v) is 6.36. The predicted molar refractivity (Wildman–Crippen MR) is 91.8 cm³/mol. The van der Waals surface area contributed by atoms with Crippen LogP contribution in [0, 0.1) is 0 Å². The Balaban J connectivity index is 1.74. The van der Waals surface area contributed by atoms with Gasteiger partial charge in [0, 0.05) is 38.5 Å². The van der Waals surface area contributed by atoms with Crippen LogP contribution in [0.25, 0.3) is 0 Å². The van der Waals surface area contributed by atoms with E-state index in [4.69, 9.17) is 4.74 Å². The Morgan fingerprint density at radius 2 is 1.92 bits per heavy atom. The first kappa shape index (κ1) is 17.2. The van der Waals surface area contributed by atoms with Crippen LogP contribution in [-0.4, -0.2) is 81.2 Å². The Labute approximate surface area is 142 Å². The van der Waals surface area contributed by atoms with Crippen LogP contribution in [0.2, 0.25) is 0 Å². The molecule has 1 N–H and O–H groups in total. The number of nitrogens with zero attached hydrogens (tertiary/aromatic N) is 2. The Bertz CT molecular complexity index is 680. The summed E-state index contributed by atoms with van der Waals surface area (Å²) in [6.07, 6.45) is 0. The van der Waals surface area contributed by atoms with Gasteiger partial charge in [0.25, 0.3) is 0 Å². The zero-order valence-electron chi connectivity index (χ0n) is 13.7. The molecule has 0 saturated carbocycles. The fourth-order valence-electron chi connectivity index (χ4n) is 3.48. The zero-order chi connectivity index (χ0) is 17.2. The number of ether oxygens (including phenoxy) is 1. The van der Waals surface area contributed by atoms with E-state index >= 15 is 0 Å². The molecular weight excluding hydrogens is 330 g/mol. The first-order valence-corrected chi connectivity index (χ1v) is 9.88. The maximum atomic E-state index is 12.6. The highest BCUT2D eigenvalue weighted by Crippen LogP contribution is 2.27. The number of amides is 2. The molecule has 132 valence electrons. The molecule has 24 heavy (non-hydrogen) atoms. The van der Waals surface area contributed by atoms with Crippen molar-refractivity contribution < 1.29 is 17.9 Å². The summed E-state index contributed by atoms with van der Waals surface area (Å²) in [5, 5.41) is 2.86. The minimum absolute atomic E-state index is 0.0311. The van der Waals surface area contributed by atoms with E-state index in [1.165, 1.54) is 0 Å². The molecule has 8 heteroatoms. The van der Waals surface area contributed by atoms with Crippen molar-refractivity contribution in [3.63, 3.8) is 0 Å². The van der Waals surface area contributed by atoms with Crippen molar-refractivity contribution in [2.75, 3.05) is 50.2 Å². The van der Waals surface area contributed by atoms with Crippen molar-refractivity contribution in [2.24, 2.45) is 0 Å². The third-order valence-electron chi connectivity index (χ3n) is 4.66. The first-order valence-electron chi connectivity index (χ1n) is 8.06. The highest BCUT2D eigenvalue weighted by molar-refractivity contribution is 7.91. The standard InChI is InChI=1S/C16H23N3O4S/c1-23-10-9-18-7-8-19(15-12-24(21,22)11-14(15)18)16(20)17-13-5-3-2-4-6-13/h2-6,14-15H,7-12H2,1H3,(H,17,20)/t14-,15+/m1/s1. The molecule has 2 fully saturated rings. The first-order chi connectivity index (χ1) is 11.5. The second-order valence-corrected chi connectivity index (χ2v) is 8.38. The van der Waals surface area contributed by atoms with Crippen molar-refractivity contribution in [3.05, 3.63) is 30.3 Å².